The highest BCUT2D eigenvalue weighted by atomic mass is 17.1. The molecule has 1 heterocycles. The summed E-state index contributed by atoms with van der Waals surface area (Å²) in [5.74, 6) is 1.89. The number of ether oxygens (including phenoxy) is 5. The molecule has 1 aliphatic rings. The Bertz CT molecular complexity index is 1700. The van der Waals surface area contributed by atoms with Crippen LogP contribution in [0.1, 0.15) is 54.7 Å². The molecule has 3 atom stereocenters. The molecule has 53 heavy (non-hydrogen) atoms. The molecule has 4 aromatic carbocycles. The summed E-state index contributed by atoms with van der Waals surface area (Å²) in [6.07, 6.45) is 2.56. The maximum atomic E-state index is 13.4. The van der Waals surface area contributed by atoms with Crippen LogP contribution in [0.5, 0.6) is 17.2 Å². The van der Waals surface area contributed by atoms with E-state index >= 15 is 0 Å². The number of aliphatic hydroxyl groups excluding tert-OH is 1. The molecule has 0 saturated carbocycles. The maximum Gasteiger partial charge on any atom is 0.222 e. The Balaban J connectivity index is 1.22. The summed E-state index contributed by atoms with van der Waals surface area (Å²) in [6.45, 7) is 2.63. The van der Waals surface area contributed by atoms with E-state index in [-0.39, 0.29) is 42.5 Å². The number of carbonyl (C=O) groups is 1. The molecule has 1 fully saturated rings. The van der Waals surface area contributed by atoms with Crippen molar-refractivity contribution in [1.29, 1.82) is 0 Å². The number of amides is 1. The second kappa shape index (κ2) is 20.8. The average Bonchev–Trinajstić information content (AvgIpc) is 3.19. The van der Waals surface area contributed by atoms with Crippen LogP contribution in [0.25, 0.3) is 10.8 Å². The molecule has 0 radical (unpaired) electrons. The van der Waals surface area contributed by atoms with Gasteiger partial charge in [0, 0.05) is 55.3 Å². The van der Waals surface area contributed by atoms with Gasteiger partial charge < -0.3 is 33.7 Å². The van der Waals surface area contributed by atoms with Crippen molar-refractivity contribution in [1.82, 2.24) is 10.3 Å². The first kappa shape index (κ1) is 39.9. The monoisotopic (exact) mass is 732 g/mol. The van der Waals surface area contributed by atoms with E-state index in [1.54, 1.807) is 19.1 Å². The van der Waals surface area contributed by atoms with Gasteiger partial charge in [0.05, 0.1) is 58.7 Å². The number of para-hydroxylation sites is 1. The summed E-state index contributed by atoms with van der Waals surface area (Å²) >= 11 is 0. The molecular weight excluding hydrogens is 680 g/mol. The number of likely N-dealkylation sites (tertiary alicyclic amines) is 1. The van der Waals surface area contributed by atoms with Crippen LogP contribution in [0, 0.1) is 5.92 Å². The molecule has 286 valence electrons. The van der Waals surface area contributed by atoms with Crippen molar-refractivity contribution < 1.29 is 48.8 Å². The van der Waals surface area contributed by atoms with E-state index in [2.05, 4.69) is 10.9 Å². The van der Waals surface area contributed by atoms with Gasteiger partial charge in [-0.3, -0.25) is 20.0 Å². The van der Waals surface area contributed by atoms with Crippen LogP contribution in [0.4, 0.5) is 0 Å². The number of unbranched alkanes of at least 4 members (excludes halogenated alkanes) is 2. The summed E-state index contributed by atoms with van der Waals surface area (Å²) in [6, 6.07) is 27.9. The van der Waals surface area contributed by atoms with Crippen molar-refractivity contribution in [3.8, 4) is 17.2 Å². The number of hydrogen-bond acceptors (Lipinski definition) is 11. The summed E-state index contributed by atoms with van der Waals surface area (Å²) in [5, 5.41) is 29.8. The van der Waals surface area contributed by atoms with E-state index in [1.807, 2.05) is 78.9 Å². The molecule has 0 aromatic heterocycles. The standard InChI is InChI=1S/C41H52N2O10/c1-48-37-14-8-6-12-33(37)29-50-20-10-21-51-35-18-16-31(17-19-35)41-34(27-44)25-42(40(45)15-4-3-9-22-53-43(46)47)26-39(41)52-28-30-23-32-11-5-7-13-36(32)38(24-30)49-2/h5-8,11-14,16-19,23-24,34,39,41,44,46-47H,3-4,9-10,15,20-22,25-29H2,1-2H3. The quantitative estimate of drug-likeness (QED) is 0.0636. The van der Waals surface area contributed by atoms with Gasteiger partial charge in [-0.2, -0.15) is 0 Å². The summed E-state index contributed by atoms with van der Waals surface area (Å²) in [5.41, 5.74) is 2.96. The Labute approximate surface area is 311 Å². The van der Waals surface area contributed by atoms with Crippen molar-refractivity contribution in [3.05, 3.63) is 102 Å². The third kappa shape index (κ3) is 11.6. The van der Waals surface area contributed by atoms with E-state index in [9.17, 15) is 9.90 Å². The first-order valence-corrected chi connectivity index (χ1v) is 18.2. The zero-order chi connectivity index (χ0) is 37.4. The van der Waals surface area contributed by atoms with E-state index in [0.717, 1.165) is 51.1 Å². The number of benzene rings is 4. The van der Waals surface area contributed by atoms with Gasteiger partial charge in [-0.05, 0) is 59.7 Å². The minimum absolute atomic E-state index is 0.00892. The van der Waals surface area contributed by atoms with Gasteiger partial charge in [0.25, 0.3) is 0 Å². The number of carbonyl (C=O) groups excluding carboxylic acids is 1. The lowest BCUT2D eigenvalue weighted by Crippen LogP contribution is -2.52. The fraction of sp³-hybridized carbons (Fsp3) is 0.439. The smallest absolute Gasteiger partial charge is 0.222 e. The van der Waals surface area contributed by atoms with Crippen LogP contribution in [0.2, 0.25) is 0 Å². The summed E-state index contributed by atoms with van der Waals surface area (Å²) in [7, 11) is 3.31. The lowest BCUT2D eigenvalue weighted by Gasteiger charge is -2.43. The number of nitrogens with zero attached hydrogens (tertiary/aromatic N) is 2. The zero-order valence-electron chi connectivity index (χ0n) is 30.6. The predicted octanol–water partition coefficient (Wildman–Crippen LogP) is 6.53. The first-order valence-electron chi connectivity index (χ1n) is 18.2. The van der Waals surface area contributed by atoms with Crippen LogP contribution in [-0.2, 0) is 32.3 Å². The van der Waals surface area contributed by atoms with Gasteiger partial charge in [-0.1, -0.05) is 61.0 Å². The van der Waals surface area contributed by atoms with Gasteiger partial charge in [-0.25, -0.2) is 0 Å². The number of rotatable bonds is 21. The molecule has 12 nitrogen and oxygen atoms in total. The van der Waals surface area contributed by atoms with Crippen molar-refractivity contribution >= 4 is 16.7 Å². The molecule has 0 aliphatic carbocycles. The second-order valence-electron chi connectivity index (χ2n) is 13.2. The average molecular weight is 733 g/mol. The lowest BCUT2D eigenvalue weighted by molar-refractivity contribution is -0.492. The Morgan fingerprint density at radius 3 is 2.36 bits per heavy atom. The number of piperidine rings is 1. The molecule has 0 spiro atoms. The van der Waals surface area contributed by atoms with Gasteiger partial charge in [0.15, 0.2) is 0 Å². The Morgan fingerprint density at radius 1 is 0.811 bits per heavy atom. The van der Waals surface area contributed by atoms with Crippen LogP contribution in [-0.4, -0.2) is 91.6 Å². The molecule has 0 bridgehead atoms. The molecule has 4 aromatic rings. The Kier molecular flexibility index (Phi) is 15.7. The van der Waals surface area contributed by atoms with E-state index in [1.165, 1.54) is 0 Å². The molecule has 1 saturated heterocycles. The lowest BCUT2D eigenvalue weighted by atomic mass is 9.78. The largest absolute Gasteiger partial charge is 0.496 e. The number of fused-ring (bicyclic) bond motifs is 1. The van der Waals surface area contributed by atoms with E-state index in [4.69, 9.17) is 34.1 Å². The molecule has 1 aliphatic heterocycles. The Hall–Kier alpha value is -4.27. The minimum atomic E-state index is -0.386. The molecule has 3 unspecified atom stereocenters. The highest BCUT2D eigenvalue weighted by Gasteiger charge is 2.40. The van der Waals surface area contributed by atoms with Gasteiger partial charge in [-0.15, -0.1) is 0 Å². The third-order valence-electron chi connectivity index (χ3n) is 9.58. The highest BCUT2D eigenvalue weighted by molar-refractivity contribution is 5.89. The number of aliphatic hydroxyl groups is 1. The highest BCUT2D eigenvalue weighted by Crippen LogP contribution is 2.37. The topological polar surface area (TPSA) is 140 Å². The van der Waals surface area contributed by atoms with Crippen molar-refractivity contribution in [2.45, 2.75) is 57.3 Å². The van der Waals surface area contributed by atoms with Crippen LogP contribution in [0.3, 0.4) is 0 Å². The molecule has 5 rings (SSSR count). The van der Waals surface area contributed by atoms with Crippen molar-refractivity contribution in [2.24, 2.45) is 5.92 Å². The molecular formula is C41H52N2O10. The predicted molar refractivity (Wildman–Crippen MR) is 198 cm³/mol. The van der Waals surface area contributed by atoms with Crippen LogP contribution >= 0.6 is 0 Å². The molecule has 1 amide bonds. The minimum Gasteiger partial charge on any atom is -0.496 e. The van der Waals surface area contributed by atoms with E-state index < -0.39 is 0 Å². The van der Waals surface area contributed by atoms with Crippen molar-refractivity contribution in [3.63, 3.8) is 0 Å². The third-order valence-corrected chi connectivity index (χ3v) is 9.58. The molecule has 3 N–H and O–H groups in total. The van der Waals surface area contributed by atoms with Crippen molar-refractivity contribution in [2.75, 3.05) is 53.7 Å². The van der Waals surface area contributed by atoms with Crippen LogP contribution < -0.4 is 14.2 Å². The number of methoxy groups -OCH3 is 2. The first-order chi connectivity index (χ1) is 25.9. The SMILES string of the molecule is COc1ccccc1COCCCOc1ccc(C2C(CO)CN(C(=O)CCCCCON(O)O)CC2OCc2cc(OC)c3ccccc3c2)cc1. The summed E-state index contributed by atoms with van der Waals surface area (Å²) < 4.78 is 29.6. The summed E-state index contributed by atoms with van der Waals surface area (Å²) in [4.78, 5) is 19.8. The Morgan fingerprint density at radius 2 is 1.58 bits per heavy atom. The number of hydrogen-bond donors (Lipinski definition) is 3. The normalized spacial score (nSPS) is 17.3. The van der Waals surface area contributed by atoms with Gasteiger partial charge in [0.1, 0.15) is 17.2 Å². The van der Waals surface area contributed by atoms with Crippen LogP contribution in [0.15, 0.2) is 84.9 Å². The molecule has 12 heteroatoms. The second-order valence-corrected chi connectivity index (χ2v) is 13.2. The maximum absolute atomic E-state index is 13.4. The van der Waals surface area contributed by atoms with E-state index in [0.29, 0.717) is 65.2 Å². The zero-order valence-corrected chi connectivity index (χ0v) is 30.6. The fourth-order valence-corrected chi connectivity index (χ4v) is 6.91. The van der Waals surface area contributed by atoms with Gasteiger partial charge in [0.2, 0.25) is 5.91 Å². The fourth-order valence-electron chi connectivity index (χ4n) is 6.91. The van der Waals surface area contributed by atoms with Gasteiger partial charge >= 0.3 is 0 Å².